The van der Waals surface area contributed by atoms with Gasteiger partial charge in [0.05, 0.1) is 5.54 Å². The first-order valence-corrected chi connectivity index (χ1v) is 7.09. The highest BCUT2D eigenvalue weighted by Gasteiger charge is 2.25. The van der Waals surface area contributed by atoms with Crippen molar-refractivity contribution >= 4 is 5.91 Å². The summed E-state index contributed by atoms with van der Waals surface area (Å²) in [5.41, 5.74) is -0.493. The maximum Gasteiger partial charge on any atom is 0.239 e. The number of likely N-dealkylation sites (N-methyl/N-ethyl adjacent to an activating group) is 1. The average molecular weight is 257 g/mol. The van der Waals surface area contributed by atoms with E-state index < -0.39 is 5.54 Å². The Balaban J connectivity index is 3.91. The normalized spacial score (nSPS) is 13.7. The lowest BCUT2D eigenvalue weighted by Crippen LogP contribution is -2.53. The zero-order chi connectivity index (χ0) is 14.2. The van der Waals surface area contributed by atoms with E-state index in [2.05, 4.69) is 36.3 Å². The van der Waals surface area contributed by atoms with Crippen molar-refractivity contribution in [3.05, 3.63) is 0 Å². The van der Waals surface area contributed by atoms with Crippen LogP contribution in [0.4, 0.5) is 0 Å². The molecule has 0 rings (SSSR count). The van der Waals surface area contributed by atoms with Crippen LogP contribution in [0.3, 0.4) is 0 Å². The summed E-state index contributed by atoms with van der Waals surface area (Å²) < 4.78 is 0. The molecular formula is C14H31N3O. The van der Waals surface area contributed by atoms with Gasteiger partial charge in [0.15, 0.2) is 0 Å². The first-order valence-electron chi connectivity index (χ1n) is 7.09. The predicted octanol–water partition coefficient (Wildman–Crippen LogP) is 1.61. The molecule has 0 aromatic heterocycles. The lowest BCUT2D eigenvalue weighted by molar-refractivity contribution is -0.126. The highest BCUT2D eigenvalue weighted by molar-refractivity contribution is 5.85. The van der Waals surface area contributed by atoms with Crippen LogP contribution < -0.4 is 10.6 Å². The van der Waals surface area contributed by atoms with Gasteiger partial charge in [-0.25, -0.2) is 0 Å². The quantitative estimate of drug-likeness (QED) is 0.659. The summed E-state index contributed by atoms with van der Waals surface area (Å²) >= 11 is 0. The number of carbonyl (C=O) groups is 1. The number of rotatable bonds is 9. The van der Waals surface area contributed by atoms with Crippen LogP contribution >= 0.6 is 0 Å². The van der Waals surface area contributed by atoms with Gasteiger partial charge in [0.25, 0.3) is 0 Å². The number of nitrogens with one attached hydrogen (secondary N) is 2. The van der Waals surface area contributed by atoms with Crippen molar-refractivity contribution in [1.29, 1.82) is 0 Å². The molecule has 0 bridgehead atoms. The van der Waals surface area contributed by atoms with Gasteiger partial charge >= 0.3 is 0 Å². The zero-order valence-corrected chi connectivity index (χ0v) is 13.0. The number of nitrogens with zero attached hydrogens (tertiary/aromatic N) is 1. The Hall–Kier alpha value is -0.610. The standard InChI is InChI=1S/C14H31N3O/c1-7-17(8-2)11-9-10-12(3)16-13(18)14(4,5)15-6/h12,15H,7-11H2,1-6H3,(H,16,18). The third-order valence-electron chi connectivity index (χ3n) is 3.58. The minimum Gasteiger partial charge on any atom is -0.352 e. The summed E-state index contributed by atoms with van der Waals surface area (Å²) in [6.45, 7) is 13.5. The van der Waals surface area contributed by atoms with E-state index >= 15 is 0 Å². The van der Waals surface area contributed by atoms with Gasteiger partial charge in [0.2, 0.25) is 5.91 Å². The summed E-state index contributed by atoms with van der Waals surface area (Å²) in [6.07, 6.45) is 2.16. The van der Waals surface area contributed by atoms with Crippen LogP contribution in [0.1, 0.15) is 47.5 Å². The SMILES string of the molecule is CCN(CC)CCCC(C)NC(=O)C(C)(C)NC. The summed E-state index contributed by atoms with van der Waals surface area (Å²) in [6, 6.07) is 0.237. The largest absolute Gasteiger partial charge is 0.352 e. The van der Waals surface area contributed by atoms with Crippen LogP contribution in [0.25, 0.3) is 0 Å². The van der Waals surface area contributed by atoms with Crippen LogP contribution in [-0.2, 0) is 4.79 Å². The van der Waals surface area contributed by atoms with Gasteiger partial charge in [-0.1, -0.05) is 13.8 Å². The van der Waals surface area contributed by atoms with E-state index in [4.69, 9.17) is 0 Å². The summed E-state index contributed by atoms with van der Waals surface area (Å²) in [5.74, 6) is 0.0698. The van der Waals surface area contributed by atoms with Crippen LogP contribution in [0.15, 0.2) is 0 Å². The topological polar surface area (TPSA) is 44.4 Å². The van der Waals surface area contributed by atoms with E-state index in [1.54, 1.807) is 0 Å². The number of hydrogen-bond acceptors (Lipinski definition) is 3. The van der Waals surface area contributed by atoms with Crippen LogP contribution in [-0.4, -0.2) is 49.1 Å². The molecule has 0 aliphatic rings. The monoisotopic (exact) mass is 257 g/mol. The Morgan fingerprint density at radius 3 is 2.28 bits per heavy atom. The van der Waals surface area contributed by atoms with Crippen LogP contribution in [0.2, 0.25) is 0 Å². The van der Waals surface area contributed by atoms with Crippen LogP contribution in [0.5, 0.6) is 0 Å². The zero-order valence-electron chi connectivity index (χ0n) is 13.0. The molecule has 1 unspecified atom stereocenters. The van der Waals surface area contributed by atoms with Crippen molar-refractivity contribution in [1.82, 2.24) is 15.5 Å². The Morgan fingerprint density at radius 2 is 1.83 bits per heavy atom. The van der Waals surface area contributed by atoms with E-state index in [1.165, 1.54) is 0 Å². The van der Waals surface area contributed by atoms with Gasteiger partial charge in [-0.2, -0.15) is 0 Å². The lowest BCUT2D eigenvalue weighted by atomic mass is 10.0. The van der Waals surface area contributed by atoms with E-state index in [0.29, 0.717) is 0 Å². The minimum atomic E-state index is -0.493. The van der Waals surface area contributed by atoms with Crippen molar-refractivity contribution in [3.8, 4) is 0 Å². The minimum absolute atomic E-state index is 0.0698. The second-order valence-corrected chi connectivity index (χ2v) is 5.42. The summed E-state index contributed by atoms with van der Waals surface area (Å²) in [4.78, 5) is 14.3. The molecule has 4 heteroatoms. The van der Waals surface area contributed by atoms with Crippen LogP contribution in [0, 0.1) is 0 Å². The Morgan fingerprint density at radius 1 is 1.28 bits per heavy atom. The van der Waals surface area contributed by atoms with Crippen molar-refractivity contribution in [2.75, 3.05) is 26.7 Å². The van der Waals surface area contributed by atoms with Gasteiger partial charge in [-0.15, -0.1) is 0 Å². The molecule has 0 saturated heterocycles. The van der Waals surface area contributed by atoms with Gasteiger partial charge in [-0.3, -0.25) is 4.79 Å². The van der Waals surface area contributed by atoms with Crippen molar-refractivity contribution in [3.63, 3.8) is 0 Å². The highest BCUT2D eigenvalue weighted by Crippen LogP contribution is 2.04. The average Bonchev–Trinajstić information content (AvgIpc) is 2.34. The molecule has 0 aliphatic heterocycles. The molecule has 4 nitrogen and oxygen atoms in total. The molecule has 1 atom stereocenters. The molecule has 0 fully saturated rings. The fourth-order valence-corrected chi connectivity index (χ4v) is 1.75. The Labute approximate surface area is 113 Å². The second kappa shape index (κ2) is 8.48. The van der Waals surface area contributed by atoms with Crippen molar-refractivity contribution < 1.29 is 4.79 Å². The smallest absolute Gasteiger partial charge is 0.239 e. The Bertz CT molecular complexity index is 237. The molecule has 0 aliphatic carbocycles. The van der Waals surface area contributed by atoms with Gasteiger partial charge in [0, 0.05) is 6.04 Å². The molecule has 18 heavy (non-hydrogen) atoms. The molecule has 0 heterocycles. The van der Waals surface area contributed by atoms with E-state index in [9.17, 15) is 4.79 Å². The molecular weight excluding hydrogens is 226 g/mol. The third kappa shape index (κ3) is 6.36. The van der Waals surface area contributed by atoms with E-state index in [0.717, 1.165) is 32.5 Å². The molecule has 0 saturated carbocycles. The second-order valence-electron chi connectivity index (χ2n) is 5.42. The highest BCUT2D eigenvalue weighted by atomic mass is 16.2. The molecule has 0 spiro atoms. The number of hydrogen-bond donors (Lipinski definition) is 2. The summed E-state index contributed by atoms with van der Waals surface area (Å²) in [5, 5.41) is 6.08. The number of amides is 1. The maximum atomic E-state index is 11.9. The van der Waals surface area contributed by atoms with E-state index in [-0.39, 0.29) is 11.9 Å². The predicted molar refractivity (Wildman–Crippen MR) is 77.8 cm³/mol. The van der Waals surface area contributed by atoms with Gasteiger partial charge in [-0.05, 0) is 60.3 Å². The molecule has 108 valence electrons. The van der Waals surface area contributed by atoms with Gasteiger partial charge < -0.3 is 15.5 Å². The third-order valence-corrected chi connectivity index (χ3v) is 3.58. The molecule has 0 radical (unpaired) electrons. The first kappa shape index (κ1) is 17.4. The fraction of sp³-hybridized carbons (Fsp3) is 0.929. The molecule has 0 aromatic carbocycles. The Kier molecular flexibility index (Phi) is 8.20. The first-order chi connectivity index (χ1) is 8.37. The molecule has 0 aromatic rings. The van der Waals surface area contributed by atoms with Crippen molar-refractivity contribution in [2.24, 2.45) is 0 Å². The van der Waals surface area contributed by atoms with Gasteiger partial charge in [0.1, 0.15) is 0 Å². The van der Waals surface area contributed by atoms with E-state index in [1.807, 2.05) is 20.9 Å². The number of carbonyl (C=O) groups excluding carboxylic acids is 1. The summed E-state index contributed by atoms with van der Waals surface area (Å²) in [7, 11) is 1.81. The molecule has 1 amide bonds. The fourth-order valence-electron chi connectivity index (χ4n) is 1.75. The van der Waals surface area contributed by atoms with Crippen molar-refractivity contribution in [2.45, 2.75) is 59.0 Å². The maximum absolute atomic E-state index is 11.9. The molecule has 2 N–H and O–H groups in total. The lowest BCUT2D eigenvalue weighted by Gasteiger charge is -2.26.